The fraction of sp³-hybridized carbons (Fsp3) is 0.455. The van der Waals surface area contributed by atoms with Crippen molar-refractivity contribution in [1.29, 1.82) is 0 Å². The van der Waals surface area contributed by atoms with Crippen LogP contribution in [0, 0.1) is 12.3 Å². The number of aliphatic hydroxyl groups is 1. The minimum absolute atomic E-state index is 0.0371. The quantitative estimate of drug-likeness (QED) is 0.761. The normalized spacial score (nSPS) is 11.9. The molecule has 1 atom stereocenters. The lowest BCUT2D eigenvalue weighted by atomic mass is 10.2. The Balaban J connectivity index is 3.02. The molecule has 1 rings (SSSR count). The Morgan fingerprint density at radius 3 is 3.06 bits per heavy atom. The van der Waals surface area contributed by atoms with Crippen molar-refractivity contribution in [3.8, 4) is 12.3 Å². The minimum Gasteiger partial charge on any atom is -0.396 e. The Morgan fingerprint density at radius 1 is 1.76 bits per heavy atom. The highest BCUT2D eigenvalue weighted by atomic mass is 35.5. The van der Waals surface area contributed by atoms with E-state index in [4.69, 9.17) is 23.1 Å². The summed E-state index contributed by atoms with van der Waals surface area (Å²) in [5.74, 6) is 2.34. The van der Waals surface area contributed by atoms with Crippen LogP contribution in [0.4, 0.5) is 5.69 Å². The summed E-state index contributed by atoms with van der Waals surface area (Å²) in [6, 6.07) is -0.0631. The summed E-state index contributed by atoms with van der Waals surface area (Å²) in [4.78, 5) is 11.9. The number of halogens is 1. The summed E-state index contributed by atoms with van der Waals surface area (Å²) < 4.78 is 1.15. The molecule has 0 aliphatic heterocycles. The van der Waals surface area contributed by atoms with Gasteiger partial charge in [0, 0.05) is 12.6 Å². The Bertz CT molecular complexity index is 479. The second kappa shape index (κ2) is 6.28. The van der Waals surface area contributed by atoms with Gasteiger partial charge in [-0.2, -0.15) is 5.10 Å². The summed E-state index contributed by atoms with van der Waals surface area (Å²) in [5.41, 5.74) is -0.0990. The Kier molecular flexibility index (Phi) is 5.01. The van der Waals surface area contributed by atoms with Crippen molar-refractivity contribution in [1.82, 2.24) is 9.78 Å². The molecule has 2 N–H and O–H groups in total. The maximum absolute atomic E-state index is 11.9. The summed E-state index contributed by atoms with van der Waals surface area (Å²) in [5, 5.41) is 15.8. The minimum atomic E-state index is -0.361. The lowest BCUT2D eigenvalue weighted by Crippen LogP contribution is -2.29. The van der Waals surface area contributed by atoms with Gasteiger partial charge in [-0.25, -0.2) is 4.68 Å². The second-order valence-electron chi connectivity index (χ2n) is 3.59. The molecule has 0 aromatic carbocycles. The van der Waals surface area contributed by atoms with Gasteiger partial charge in [0.25, 0.3) is 5.56 Å². The SMILES string of the molecule is C#CCn1ncc(Cl)c(NC(C)CCO)c1=O. The van der Waals surface area contributed by atoms with Crippen LogP contribution < -0.4 is 10.9 Å². The summed E-state index contributed by atoms with van der Waals surface area (Å²) in [7, 11) is 0. The van der Waals surface area contributed by atoms with E-state index in [1.54, 1.807) is 0 Å². The highest BCUT2D eigenvalue weighted by Gasteiger charge is 2.11. The first-order valence-corrected chi connectivity index (χ1v) is 5.54. The first-order chi connectivity index (χ1) is 8.10. The standard InChI is InChI=1S/C11H14ClN3O2/c1-3-5-15-11(17)10(9(12)7-13-15)14-8(2)4-6-16/h1,7-8,14,16H,4-6H2,2H3. The van der Waals surface area contributed by atoms with Crippen molar-refractivity contribution in [2.24, 2.45) is 0 Å². The fourth-order valence-electron chi connectivity index (χ4n) is 1.31. The average Bonchev–Trinajstić information content (AvgIpc) is 2.29. The molecule has 0 radical (unpaired) electrons. The zero-order valence-electron chi connectivity index (χ0n) is 9.48. The van der Waals surface area contributed by atoms with Gasteiger partial charge < -0.3 is 10.4 Å². The molecule has 5 nitrogen and oxygen atoms in total. The summed E-state index contributed by atoms with van der Waals surface area (Å²) in [6.07, 6.45) is 7.02. The van der Waals surface area contributed by atoms with Crippen molar-refractivity contribution in [2.75, 3.05) is 11.9 Å². The molecule has 0 aliphatic rings. The molecule has 0 saturated carbocycles. The lowest BCUT2D eigenvalue weighted by Gasteiger charge is -2.15. The van der Waals surface area contributed by atoms with Crippen LogP contribution in [0.15, 0.2) is 11.0 Å². The number of hydrogen-bond acceptors (Lipinski definition) is 4. The smallest absolute Gasteiger partial charge is 0.292 e. The summed E-state index contributed by atoms with van der Waals surface area (Å²) in [6.45, 7) is 1.98. The number of rotatable bonds is 5. The highest BCUT2D eigenvalue weighted by molar-refractivity contribution is 6.33. The van der Waals surface area contributed by atoms with Crippen molar-refractivity contribution in [2.45, 2.75) is 25.9 Å². The Labute approximate surface area is 104 Å². The van der Waals surface area contributed by atoms with Crippen molar-refractivity contribution < 1.29 is 5.11 Å². The van der Waals surface area contributed by atoms with E-state index in [9.17, 15) is 4.79 Å². The van der Waals surface area contributed by atoms with E-state index in [2.05, 4.69) is 16.3 Å². The number of aliphatic hydroxyl groups excluding tert-OH is 1. The average molecular weight is 256 g/mol. The third-order valence-corrected chi connectivity index (χ3v) is 2.48. The third-order valence-electron chi connectivity index (χ3n) is 2.19. The molecular weight excluding hydrogens is 242 g/mol. The largest absolute Gasteiger partial charge is 0.396 e. The number of nitrogens with one attached hydrogen (secondary N) is 1. The molecule has 17 heavy (non-hydrogen) atoms. The zero-order chi connectivity index (χ0) is 12.8. The molecular formula is C11H14ClN3O2. The van der Waals surface area contributed by atoms with E-state index >= 15 is 0 Å². The molecule has 0 bridgehead atoms. The van der Waals surface area contributed by atoms with Crippen molar-refractivity contribution >= 4 is 17.3 Å². The number of terminal acetylenes is 1. The highest BCUT2D eigenvalue weighted by Crippen LogP contribution is 2.16. The number of hydrogen-bond donors (Lipinski definition) is 2. The molecule has 1 unspecified atom stereocenters. The fourth-order valence-corrected chi connectivity index (χ4v) is 1.49. The first kappa shape index (κ1) is 13.6. The number of nitrogens with zero attached hydrogens (tertiary/aromatic N) is 2. The van der Waals surface area contributed by atoms with Crippen molar-refractivity contribution in [3.05, 3.63) is 21.6 Å². The van der Waals surface area contributed by atoms with Crippen molar-refractivity contribution in [3.63, 3.8) is 0 Å². The predicted molar refractivity (Wildman–Crippen MR) is 67.1 cm³/mol. The van der Waals surface area contributed by atoms with Crippen LogP contribution in [0.25, 0.3) is 0 Å². The van der Waals surface area contributed by atoms with Gasteiger partial charge in [-0.1, -0.05) is 17.5 Å². The van der Waals surface area contributed by atoms with Gasteiger partial charge in [0.05, 0.1) is 11.2 Å². The monoisotopic (exact) mass is 255 g/mol. The predicted octanol–water partition coefficient (Wildman–Crippen LogP) is 0.713. The molecule has 0 saturated heterocycles. The van der Waals surface area contributed by atoms with E-state index < -0.39 is 0 Å². The van der Waals surface area contributed by atoms with Crippen LogP contribution in [0.3, 0.4) is 0 Å². The molecule has 6 heteroatoms. The lowest BCUT2D eigenvalue weighted by molar-refractivity contribution is 0.282. The Morgan fingerprint density at radius 2 is 2.47 bits per heavy atom. The molecule has 92 valence electrons. The topological polar surface area (TPSA) is 67.2 Å². The van der Waals surface area contributed by atoms with Crippen LogP contribution in [0.5, 0.6) is 0 Å². The molecule has 1 aromatic rings. The van der Waals surface area contributed by atoms with Crippen LogP contribution in [-0.2, 0) is 6.54 Å². The summed E-state index contributed by atoms with van der Waals surface area (Å²) >= 11 is 5.89. The van der Waals surface area contributed by atoms with E-state index in [1.165, 1.54) is 6.20 Å². The zero-order valence-corrected chi connectivity index (χ0v) is 10.2. The molecule has 1 aromatic heterocycles. The molecule has 0 spiro atoms. The van der Waals surface area contributed by atoms with E-state index in [-0.39, 0.29) is 35.5 Å². The maximum Gasteiger partial charge on any atom is 0.292 e. The van der Waals surface area contributed by atoms with Gasteiger partial charge >= 0.3 is 0 Å². The van der Waals surface area contributed by atoms with Crippen LogP contribution in [0.1, 0.15) is 13.3 Å². The van der Waals surface area contributed by atoms with Crippen LogP contribution in [-0.4, -0.2) is 27.5 Å². The van der Waals surface area contributed by atoms with Gasteiger partial charge in [0.1, 0.15) is 12.2 Å². The molecule has 0 aliphatic carbocycles. The van der Waals surface area contributed by atoms with Gasteiger partial charge in [0.15, 0.2) is 0 Å². The van der Waals surface area contributed by atoms with Crippen LogP contribution in [0.2, 0.25) is 5.02 Å². The van der Waals surface area contributed by atoms with E-state index in [1.807, 2.05) is 6.92 Å². The van der Waals surface area contributed by atoms with Gasteiger partial charge in [0.2, 0.25) is 0 Å². The van der Waals surface area contributed by atoms with Gasteiger partial charge in [-0.05, 0) is 13.3 Å². The van der Waals surface area contributed by atoms with Gasteiger partial charge in [-0.3, -0.25) is 4.79 Å². The molecule has 0 fully saturated rings. The molecule has 1 heterocycles. The number of anilines is 1. The third kappa shape index (κ3) is 3.48. The maximum atomic E-state index is 11.9. The van der Waals surface area contributed by atoms with Gasteiger partial charge in [-0.15, -0.1) is 6.42 Å². The first-order valence-electron chi connectivity index (χ1n) is 5.16. The van der Waals surface area contributed by atoms with E-state index in [0.717, 1.165) is 4.68 Å². The number of aromatic nitrogens is 2. The van der Waals surface area contributed by atoms with Crippen LogP contribution >= 0.6 is 11.6 Å². The molecule has 0 amide bonds. The Hall–Kier alpha value is -1.51. The second-order valence-corrected chi connectivity index (χ2v) is 4.00. The van der Waals surface area contributed by atoms with E-state index in [0.29, 0.717) is 6.42 Å².